The Hall–Kier alpha value is -1.55. The number of carbonyl (C=O) groups is 1. The molecule has 112 valence electrons. The van der Waals surface area contributed by atoms with Crippen molar-refractivity contribution in [3.05, 3.63) is 29.8 Å². The van der Waals surface area contributed by atoms with Crippen LogP contribution in [0, 0.1) is 0 Å². The second-order valence-corrected chi connectivity index (χ2v) is 4.76. The maximum absolute atomic E-state index is 11.5. The molecule has 4 nitrogen and oxygen atoms in total. The van der Waals surface area contributed by atoms with Crippen LogP contribution < -0.4 is 10.1 Å². The van der Waals surface area contributed by atoms with Gasteiger partial charge in [-0.1, -0.05) is 19.1 Å². The van der Waals surface area contributed by atoms with Crippen molar-refractivity contribution in [1.29, 1.82) is 0 Å². The fourth-order valence-corrected chi connectivity index (χ4v) is 1.85. The monoisotopic (exact) mass is 279 g/mol. The predicted molar refractivity (Wildman–Crippen MR) is 79.9 cm³/mol. The van der Waals surface area contributed by atoms with Gasteiger partial charge in [0, 0.05) is 6.04 Å². The van der Waals surface area contributed by atoms with Gasteiger partial charge in [-0.15, -0.1) is 0 Å². The highest BCUT2D eigenvalue weighted by Gasteiger charge is 2.16. The van der Waals surface area contributed by atoms with Crippen LogP contribution in [-0.4, -0.2) is 25.2 Å². The molecule has 0 amide bonds. The summed E-state index contributed by atoms with van der Waals surface area (Å²) in [6, 6.07) is 8.06. The van der Waals surface area contributed by atoms with Gasteiger partial charge in [0.1, 0.15) is 5.75 Å². The van der Waals surface area contributed by atoms with E-state index in [1.54, 1.807) is 13.8 Å². The van der Waals surface area contributed by atoms with E-state index in [1.165, 1.54) is 0 Å². The number of benzene rings is 1. The molecule has 20 heavy (non-hydrogen) atoms. The second-order valence-electron chi connectivity index (χ2n) is 4.76. The summed E-state index contributed by atoms with van der Waals surface area (Å²) in [5, 5.41) is 3.42. The second kappa shape index (κ2) is 8.59. The summed E-state index contributed by atoms with van der Waals surface area (Å²) in [6.07, 6.45) is 0.504. The average Bonchev–Trinajstić information content (AvgIpc) is 2.45. The fraction of sp³-hybridized carbons (Fsp3) is 0.562. The van der Waals surface area contributed by atoms with Crippen LogP contribution in [0.5, 0.6) is 5.75 Å². The van der Waals surface area contributed by atoms with Crippen LogP contribution in [0.15, 0.2) is 24.3 Å². The SMILES string of the molecule is CCCNC(C)c1cccc(OC(C)C(=O)OCC)c1. The van der Waals surface area contributed by atoms with Crippen LogP contribution in [0.25, 0.3) is 0 Å². The van der Waals surface area contributed by atoms with Gasteiger partial charge in [0.25, 0.3) is 0 Å². The van der Waals surface area contributed by atoms with E-state index in [4.69, 9.17) is 9.47 Å². The molecule has 0 aliphatic rings. The predicted octanol–water partition coefficient (Wildman–Crippen LogP) is 3.08. The molecule has 1 rings (SSSR count). The molecule has 0 radical (unpaired) electrons. The lowest BCUT2D eigenvalue weighted by molar-refractivity contribution is -0.150. The van der Waals surface area contributed by atoms with Crippen molar-refractivity contribution in [2.24, 2.45) is 0 Å². The van der Waals surface area contributed by atoms with Gasteiger partial charge in [-0.25, -0.2) is 4.79 Å². The molecule has 1 aromatic carbocycles. The zero-order chi connectivity index (χ0) is 15.0. The zero-order valence-electron chi connectivity index (χ0n) is 12.8. The van der Waals surface area contributed by atoms with Gasteiger partial charge < -0.3 is 14.8 Å². The smallest absolute Gasteiger partial charge is 0.347 e. The molecule has 0 saturated carbocycles. The van der Waals surface area contributed by atoms with E-state index >= 15 is 0 Å². The molecule has 2 atom stereocenters. The molecule has 0 fully saturated rings. The molecule has 1 aromatic rings. The van der Waals surface area contributed by atoms with Crippen LogP contribution in [0.2, 0.25) is 0 Å². The van der Waals surface area contributed by atoms with Gasteiger partial charge >= 0.3 is 5.97 Å². The van der Waals surface area contributed by atoms with Crippen molar-refractivity contribution < 1.29 is 14.3 Å². The standard InChI is InChI=1S/C16H25NO3/c1-5-10-17-12(3)14-8-7-9-15(11-14)20-13(4)16(18)19-6-2/h7-9,11-13,17H,5-6,10H2,1-4H3. The van der Waals surface area contributed by atoms with Crippen molar-refractivity contribution in [3.63, 3.8) is 0 Å². The van der Waals surface area contributed by atoms with Crippen LogP contribution >= 0.6 is 0 Å². The molecule has 0 aromatic heterocycles. The molecule has 0 saturated heterocycles. The van der Waals surface area contributed by atoms with E-state index in [9.17, 15) is 4.79 Å². The molecule has 0 heterocycles. The third kappa shape index (κ3) is 5.21. The quantitative estimate of drug-likeness (QED) is 0.743. The first-order valence-electron chi connectivity index (χ1n) is 7.25. The molecule has 1 N–H and O–H groups in total. The third-order valence-electron chi connectivity index (χ3n) is 2.99. The molecule has 0 aliphatic heterocycles. The van der Waals surface area contributed by atoms with Crippen molar-refractivity contribution >= 4 is 5.97 Å². The highest BCUT2D eigenvalue weighted by molar-refractivity contribution is 5.74. The van der Waals surface area contributed by atoms with Gasteiger partial charge in [-0.3, -0.25) is 0 Å². The summed E-state index contributed by atoms with van der Waals surface area (Å²) in [7, 11) is 0. The minimum absolute atomic E-state index is 0.261. The normalized spacial score (nSPS) is 13.6. The fourth-order valence-electron chi connectivity index (χ4n) is 1.85. The number of carbonyl (C=O) groups excluding carboxylic acids is 1. The maximum atomic E-state index is 11.5. The van der Waals surface area contributed by atoms with E-state index in [0.29, 0.717) is 12.4 Å². The Balaban J connectivity index is 2.65. The van der Waals surface area contributed by atoms with Crippen molar-refractivity contribution in [1.82, 2.24) is 5.32 Å². The van der Waals surface area contributed by atoms with E-state index in [-0.39, 0.29) is 12.0 Å². The number of hydrogen-bond donors (Lipinski definition) is 1. The lowest BCUT2D eigenvalue weighted by atomic mass is 10.1. The molecule has 0 aliphatic carbocycles. The van der Waals surface area contributed by atoms with Crippen LogP contribution in [0.4, 0.5) is 0 Å². The number of nitrogens with one attached hydrogen (secondary N) is 1. The van der Waals surface area contributed by atoms with Gasteiger partial charge in [0.05, 0.1) is 6.61 Å². The van der Waals surface area contributed by atoms with Gasteiger partial charge in [0.2, 0.25) is 0 Å². The van der Waals surface area contributed by atoms with Crippen molar-refractivity contribution in [2.75, 3.05) is 13.2 Å². The lowest BCUT2D eigenvalue weighted by Gasteiger charge is -2.17. The Bertz CT molecular complexity index is 420. The number of rotatable bonds is 8. The first-order chi connectivity index (χ1) is 9.58. The summed E-state index contributed by atoms with van der Waals surface area (Å²) < 4.78 is 10.6. The summed E-state index contributed by atoms with van der Waals surface area (Å²) in [5.41, 5.74) is 1.15. The largest absolute Gasteiger partial charge is 0.479 e. The van der Waals surface area contributed by atoms with Crippen molar-refractivity contribution in [2.45, 2.75) is 46.3 Å². The Morgan fingerprint density at radius 3 is 2.70 bits per heavy atom. The summed E-state index contributed by atoms with van der Waals surface area (Å²) in [5.74, 6) is 0.350. The van der Waals surface area contributed by atoms with Crippen molar-refractivity contribution in [3.8, 4) is 5.75 Å². The maximum Gasteiger partial charge on any atom is 0.347 e. The average molecular weight is 279 g/mol. The third-order valence-corrected chi connectivity index (χ3v) is 2.99. The van der Waals surface area contributed by atoms with Crippen LogP contribution in [0.1, 0.15) is 45.7 Å². The Morgan fingerprint density at radius 1 is 1.30 bits per heavy atom. The molecule has 0 spiro atoms. The molecule has 4 heteroatoms. The van der Waals surface area contributed by atoms with E-state index in [0.717, 1.165) is 18.5 Å². The zero-order valence-corrected chi connectivity index (χ0v) is 12.8. The van der Waals surface area contributed by atoms with E-state index in [2.05, 4.69) is 25.2 Å². The Kier molecular flexibility index (Phi) is 7.09. The Morgan fingerprint density at radius 2 is 2.05 bits per heavy atom. The highest BCUT2D eigenvalue weighted by atomic mass is 16.6. The molecular weight excluding hydrogens is 254 g/mol. The van der Waals surface area contributed by atoms with E-state index < -0.39 is 6.10 Å². The van der Waals surface area contributed by atoms with Gasteiger partial charge in [-0.2, -0.15) is 0 Å². The number of hydrogen-bond acceptors (Lipinski definition) is 4. The number of esters is 1. The first kappa shape index (κ1) is 16.5. The minimum Gasteiger partial charge on any atom is -0.479 e. The van der Waals surface area contributed by atoms with Crippen LogP contribution in [-0.2, 0) is 9.53 Å². The van der Waals surface area contributed by atoms with Gasteiger partial charge in [-0.05, 0) is 51.4 Å². The Labute approximate surface area is 121 Å². The highest BCUT2D eigenvalue weighted by Crippen LogP contribution is 2.20. The summed E-state index contributed by atoms with van der Waals surface area (Å²) in [6.45, 7) is 9.08. The molecular formula is C16H25NO3. The summed E-state index contributed by atoms with van der Waals surface area (Å²) >= 11 is 0. The molecule has 2 unspecified atom stereocenters. The molecule has 0 bridgehead atoms. The summed E-state index contributed by atoms with van der Waals surface area (Å²) in [4.78, 5) is 11.5. The van der Waals surface area contributed by atoms with Crippen LogP contribution in [0.3, 0.4) is 0 Å². The number of ether oxygens (including phenoxy) is 2. The topological polar surface area (TPSA) is 47.6 Å². The lowest BCUT2D eigenvalue weighted by Crippen LogP contribution is -2.26. The van der Waals surface area contributed by atoms with Gasteiger partial charge in [0.15, 0.2) is 6.10 Å². The first-order valence-corrected chi connectivity index (χ1v) is 7.25. The minimum atomic E-state index is -0.593. The van der Waals surface area contributed by atoms with E-state index in [1.807, 2.05) is 18.2 Å².